The summed E-state index contributed by atoms with van der Waals surface area (Å²) < 4.78 is 0. The molecule has 0 unspecified atom stereocenters. The van der Waals surface area contributed by atoms with Crippen LogP contribution in [0.5, 0.6) is 0 Å². The number of rotatable bonds is 4. The highest BCUT2D eigenvalue weighted by atomic mass is 16.4. The van der Waals surface area contributed by atoms with Crippen molar-refractivity contribution in [3.05, 3.63) is 0 Å². The van der Waals surface area contributed by atoms with E-state index in [1.807, 2.05) is 6.92 Å². The van der Waals surface area contributed by atoms with E-state index in [9.17, 15) is 4.79 Å². The molecule has 60 valence electrons. The lowest BCUT2D eigenvalue weighted by atomic mass is 10.0. The lowest BCUT2D eigenvalue weighted by Gasteiger charge is -2.20. The maximum atomic E-state index is 10.1. The van der Waals surface area contributed by atoms with Crippen molar-refractivity contribution in [3.8, 4) is 0 Å². The average Bonchev–Trinajstić information content (AvgIpc) is 1.59. The number of carbonyl (C=O) groups is 1. The van der Waals surface area contributed by atoms with E-state index in [1.165, 1.54) is 0 Å². The Labute approximate surface area is 60.2 Å². The van der Waals surface area contributed by atoms with Crippen molar-refractivity contribution < 1.29 is 9.90 Å². The lowest BCUT2D eigenvalue weighted by molar-refractivity contribution is -0.138. The maximum absolute atomic E-state index is 10.1. The SMILES string of the molecule is CCCC(N)(N)CC(=O)O. The fourth-order valence-corrected chi connectivity index (χ4v) is 0.835. The molecule has 0 aromatic rings. The minimum Gasteiger partial charge on any atom is -0.481 e. The Hall–Kier alpha value is -0.610. The molecule has 0 atom stereocenters. The van der Waals surface area contributed by atoms with Crippen LogP contribution in [0.15, 0.2) is 0 Å². The van der Waals surface area contributed by atoms with Gasteiger partial charge in [-0.3, -0.25) is 4.79 Å². The van der Waals surface area contributed by atoms with Crippen LogP contribution in [-0.2, 0) is 4.79 Å². The van der Waals surface area contributed by atoms with E-state index in [0.717, 1.165) is 6.42 Å². The van der Waals surface area contributed by atoms with Crippen molar-refractivity contribution in [2.24, 2.45) is 11.5 Å². The van der Waals surface area contributed by atoms with E-state index in [0.29, 0.717) is 6.42 Å². The third-order valence-corrected chi connectivity index (χ3v) is 1.20. The van der Waals surface area contributed by atoms with Gasteiger partial charge in [-0.15, -0.1) is 0 Å². The van der Waals surface area contributed by atoms with Crippen LogP contribution in [0.25, 0.3) is 0 Å². The molecule has 0 saturated heterocycles. The summed E-state index contributed by atoms with van der Waals surface area (Å²) in [5.74, 6) is -0.946. The van der Waals surface area contributed by atoms with Crippen LogP contribution in [0.4, 0.5) is 0 Å². The van der Waals surface area contributed by atoms with Gasteiger partial charge in [0.2, 0.25) is 0 Å². The fourth-order valence-electron chi connectivity index (χ4n) is 0.835. The first kappa shape index (κ1) is 9.39. The summed E-state index contributed by atoms with van der Waals surface area (Å²) in [4.78, 5) is 10.1. The van der Waals surface area contributed by atoms with Crippen LogP contribution >= 0.6 is 0 Å². The van der Waals surface area contributed by atoms with Crippen LogP contribution in [0.1, 0.15) is 26.2 Å². The first-order valence-corrected chi connectivity index (χ1v) is 3.27. The highest BCUT2D eigenvalue weighted by Crippen LogP contribution is 2.06. The highest BCUT2D eigenvalue weighted by Gasteiger charge is 2.21. The topological polar surface area (TPSA) is 89.3 Å². The van der Waals surface area contributed by atoms with Gasteiger partial charge in [0, 0.05) is 0 Å². The Kier molecular flexibility index (Phi) is 3.32. The first-order chi connectivity index (χ1) is 4.48. The van der Waals surface area contributed by atoms with Crippen molar-refractivity contribution >= 4 is 5.97 Å². The molecule has 0 aliphatic carbocycles. The summed E-state index contributed by atoms with van der Waals surface area (Å²) in [6, 6.07) is 0. The van der Waals surface area contributed by atoms with Crippen molar-refractivity contribution in [2.45, 2.75) is 31.8 Å². The second-order valence-electron chi connectivity index (χ2n) is 2.55. The van der Waals surface area contributed by atoms with Gasteiger partial charge in [0.05, 0.1) is 12.1 Å². The molecule has 0 saturated carbocycles. The Bertz CT molecular complexity index is 123. The van der Waals surface area contributed by atoms with Gasteiger partial charge in [-0.1, -0.05) is 13.3 Å². The molecule has 0 radical (unpaired) electrons. The Balaban J connectivity index is 3.74. The second kappa shape index (κ2) is 3.53. The third-order valence-electron chi connectivity index (χ3n) is 1.20. The first-order valence-electron chi connectivity index (χ1n) is 3.27. The summed E-state index contributed by atoms with van der Waals surface area (Å²) in [5, 5.41) is 8.32. The van der Waals surface area contributed by atoms with E-state index < -0.39 is 11.6 Å². The van der Waals surface area contributed by atoms with Crippen LogP contribution in [0, 0.1) is 0 Å². The Morgan fingerprint density at radius 3 is 2.40 bits per heavy atom. The molecule has 5 N–H and O–H groups in total. The highest BCUT2D eigenvalue weighted by molar-refractivity contribution is 5.68. The molecular weight excluding hydrogens is 132 g/mol. The summed E-state index contributed by atoms with van der Waals surface area (Å²) in [6.45, 7) is 1.91. The van der Waals surface area contributed by atoms with Gasteiger partial charge in [0.1, 0.15) is 0 Å². The summed E-state index contributed by atoms with van der Waals surface area (Å²) in [5.41, 5.74) is 9.82. The molecule has 4 nitrogen and oxygen atoms in total. The molecule has 0 spiro atoms. The zero-order valence-electron chi connectivity index (χ0n) is 6.13. The monoisotopic (exact) mass is 146 g/mol. The van der Waals surface area contributed by atoms with Crippen molar-refractivity contribution in [1.29, 1.82) is 0 Å². The van der Waals surface area contributed by atoms with Crippen LogP contribution in [0.2, 0.25) is 0 Å². The summed E-state index contributed by atoms with van der Waals surface area (Å²) in [7, 11) is 0. The largest absolute Gasteiger partial charge is 0.481 e. The van der Waals surface area contributed by atoms with E-state index in [4.69, 9.17) is 16.6 Å². The molecule has 0 fully saturated rings. The van der Waals surface area contributed by atoms with Gasteiger partial charge in [-0.05, 0) is 6.42 Å². The molecule has 0 aliphatic rings. The minimum absolute atomic E-state index is 0.166. The molecule has 0 amide bonds. The third kappa shape index (κ3) is 4.29. The molecule has 0 aromatic carbocycles. The van der Waals surface area contributed by atoms with Gasteiger partial charge in [0.15, 0.2) is 0 Å². The average molecular weight is 146 g/mol. The summed E-state index contributed by atoms with van der Waals surface area (Å²) >= 11 is 0. The molecule has 0 heterocycles. The number of nitrogens with two attached hydrogens (primary N) is 2. The normalized spacial score (nSPS) is 11.5. The van der Waals surface area contributed by atoms with Gasteiger partial charge in [-0.25, -0.2) is 0 Å². The van der Waals surface area contributed by atoms with Gasteiger partial charge < -0.3 is 16.6 Å². The fraction of sp³-hybridized carbons (Fsp3) is 0.833. The van der Waals surface area contributed by atoms with E-state index in [2.05, 4.69) is 0 Å². The van der Waals surface area contributed by atoms with Crippen molar-refractivity contribution in [3.63, 3.8) is 0 Å². The molecular formula is C6H14N2O2. The van der Waals surface area contributed by atoms with Crippen molar-refractivity contribution in [2.75, 3.05) is 0 Å². The smallest absolute Gasteiger partial charge is 0.306 e. The zero-order chi connectivity index (χ0) is 8.20. The minimum atomic E-state index is -1.03. The standard InChI is InChI=1S/C6H14N2O2/c1-2-3-6(7,8)4-5(9)10/h2-4,7-8H2,1H3,(H,9,10). The summed E-state index contributed by atoms with van der Waals surface area (Å²) in [6.07, 6.45) is 1.18. The van der Waals surface area contributed by atoms with E-state index >= 15 is 0 Å². The predicted molar refractivity (Wildman–Crippen MR) is 38.3 cm³/mol. The quantitative estimate of drug-likeness (QED) is 0.482. The molecule has 0 aromatic heterocycles. The van der Waals surface area contributed by atoms with Gasteiger partial charge in [-0.2, -0.15) is 0 Å². The number of hydrogen-bond donors (Lipinski definition) is 3. The van der Waals surface area contributed by atoms with Crippen LogP contribution < -0.4 is 11.5 Å². The Morgan fingerprint density at radius 1 is 1.60 bits per heavy atom. The van der Waals surface area contributed by atoms with E-state index in [-0.39, 0.29) is 6.42 Å². The number of hydrogen-bond acceptors (Lipinski definition) is 3. The van der Waals surface area contributed by atoms with Crippen molar-refractivity contribution in [1.82, 2.24) is 0 Å². The molecule has 0 rings (SSSR count). The molecule has 4 heteroatoms. The second-order valence-corrected chi connectivity index (χ2v) is 2.55. The van der Waals surface area contributed by atoms with Crippen LogP contribution in [-0.4, -0.2) is 16.7 Å². The maximum Gasteiger partial charge on any atom is 0.306 e. The zero-order valence-corrected chi connectivity index (χ0v) is 6.13. The Morgan fingerprint density at radius 2 is 2.10 bits per heavy atom. The van der Waals surface area contributed by atoms with Crippen LogP contribution in [0.3, 0.4) is 0 Å². The van der Waals surface area contributed by atoms with E-state index in [1.54, 1.807) is 0 Å². The van der Waals surface area contributed by atoms with Gasteiger partial charge >= 0.3 is 5.97 Å². The van der Waals surface area contributed by atoms with Gasteiger partial charge in [0.25, 0.3) is 0 Å². The lowest BCUT2D eigenvalue weighted by Crippen LogP contribution is -2.50. The number of carboxylic acids is 1. The predicted octanol–water partition coefficient (Wildman–Crippen LogP) is -0.125. The number of aliphatic carboxylic acids is 1. The molecule has 10 heavy (non-hydrogen) atoms. The molecule has 0 bridgehead atoms. The number of carboxylic acid groups (broad SMARTS) is 1. The molecule has 0 aliphatic heterocycles.